The maximum absolute atomic E-state index is 12.4. The molecule has 4 atom stereocenters. The Hall–Kier alpha value is -0.290. The van der Waals surface area contributed by atoms with Crippen LogP contribution in [0.1, 0.15) is 43.0 Å². The number of hydrogen-bond acceptors (Lipinski definition) is 1. The standard InChI is InChI=1S/C16H19ClINO/c1-9(14-7-10-2-3-11(14)6-10)19-16(20)13-5-4-12(17)8-15(13)18/h4-5,8-11,14H,2-3,6-7H2,1H3,(H,19,20). The Morgan fingerprint density at radius 3 is 2.80 bits per heavy atom. The Labute approximate surface area is 138 Å². The monoisotopic (exact) mass is 403 g/mol. The molecule has 4 unspecified atom stereocenters. The number of nitrogens with one attached hydrogen (secondary N) is 1. The molecule has 0 aliphatic heterocycles. The summed E-state index contributed by atoms with van der Waals surface area (Å²) in [5.74, 6) is 2.45. The first-order chi connectivity index (χ1) is 9.54. The molecular weight excluding hydrogens is 385 g/mol. The van der Waals surface area contributed by atoms with Gasteiger partial charge in [-0.05, 0) is 84.7 Å². The van der Waals surface area contributed by atoms with E-state index in [1.807, 2.05) is 12.1 Å². The van der Waals surface area contributed by atoms with Crippen molar-refractivity contribution in [3.63, 3.8) is 0 Å². The van der Waals surface area contributed by atoms with Crippen LogP contribution in [0.15, 0.2) is 18.2 Å². The van der Waals surface area contributed by atoms with Gasteiger partial charge in [0.1, 0.15) is 0 Å². The first-order valence-corrected chi connectivity index (χ1v) is 8.76. The highest BCUT2D eigenvalue weighted by Gasteiger charge is 2.42. The van der Waals surface area contributed by atoms with Crippen LogP contribution >= 0.6 is 34.2 Å². The number of hydrogen-bond donors (Lipinski definition) is 1. The van der Waals surface area contributed by atoms with E-state index in [1.54, 1.807) is 6.07 Å². The predicted octanol–water partition coefficient (Wildman–Crippen LogP) is 4.50. The number of amides is 1. The van der Waals surface area contributed by atoms with Gasteiger partial charge in [-0.15, -0.1) is 0 Å². The maximum Gasteiger partial charge on any atom is 0.252 e. The zero-order valence-corrected chi connectivity index (χ0v) is 14.4. The molecule has 4 heteroatoms. The van der Waals surface area contributed by atoms with Crippen molar-refractivity contribution in [3.05, 3.63) is 32.4 Å². The van der Waals surface area contributed by atoms with E-state index in [9.17, 15) is 4.79 Å². The zero-order valence-electron chi connectivity index (χ0n) is 11.5. The summed E-state index contributed by atoms with van der Waals surface area (Å²) in [6, 6.07) is 5.69. The molecule has 0 radical (unpaired) electrons. The highest BCUT2D eigenvalue weighted by atomic mass is 127. The fraction of sp³-hybridized carbons (Fsp3) is 0.562. The molecule has 2 fully saturated rings. The van der Waals surface area contributed by atoms with Gasteiger partial charge in [-0.25, -0.2) is 0 Å². The summed E-state index contributed by atoms with van der Waals surface area (Å²) in [6.45, 7) is 2.16. The van der Waals surface area contributed by atoms with Gasteiger partial charge >= 0.3 is 0 Å². The minimum absolute atomic E-state index is 0.0290. The number of carbonyl (C=O) groups is 1. The van der Waals surface area contributed by atoms with Crippen molar-refractivity contribution < 1.29 is 4.79 Å². The molecule has 2 nitrogen and oxygen atoms in total. The van der Waals surface area contributed by atoms with Crippen molar-refractivity contribution in [3.8, 4) is 0 Å². The molecule has 0 heterocycles. The Kier molecular flexibility index (Phi) is 4.27. The first-order valence-electron chi connectivity index (χ1n) is 7.30. The van der Waals surface area contributed by atoms with Crippen LogP contribution in [0.3, 0.4) is 0 Å². The van der Waals surface area contributed by atoms with Gasteiger partial charge in [-0.1, -0.05) is 18.0 Å². The molecular formula is C16H19ClINO. The second kappa shape index (κ2) is 5.84. The lowest BCUT2D eigenvalue weighted by atomic mass is 9.84. The van der Waals surface area contributed by atoms with Crippen LogP contribution in [0, 0.1) is 21.3 Å². The lowest BCUT2D eigenvalue weighted by Gasteiger charge is -2.28. The fourth-order valence-electron chi connectivity index (χ4n) is 3.97. The van der Waals surface area contributed by atoms with Gasteiger partial charge in [0, 0.05) is 14.6 Å². The van der Waals surface area contributed by atoms with E-state index in [2.05, 4.69) is 34.8 Å². The minimum Gasteiger partial charge on any atom is -0.349 e. The van der Waals surface area contributed by atoms with E-state index < -0.39 is 0 Å². The highest BCUT2D eigenvalue weighted by molar-refractivity contribution is 14.1. The van der Waals surface area contributed by atoms with Crippen LogP contribution in [0.2, 0.25) is 5.02 Å². The van der Waals surface area contributed by atoms with Crippen molar-refractivity contribution >= 4 is 40.1 Å². The zero-order chi connectivity index (χ0) is 14.3. The van der Waals surface area contributed by atoms with Crippen LogP contribution in [-0.2, 0) is 0 Å². The number of benzene rings is 1. The molecule has 1 aromatic carbocycles. The van der Waals surface area contributed by atoms with Crippen molar-refractivity contribution in [1.29, 1.82) is 0 Å². The van der Waals surface area contributed by atoms with Crippen molar-refractivity contribution in [2.24, 2.45) is 17.8 Å². The molecule has 2 aliphatic carbocycles. The molecule has 3 rings (SSSR count). The third-order valence-electron chi connectivity index (χ3n) is 4.97. The van der Waals surface area contributed by atoms with E-state index in [-0.39, 0.29) is 11.9 Å². The van der Waals surface area contributed by atoms with Gasteiger partial charge in [0.15, 0.2) is 0 Å². The average molecular weight is 404 g/mol. The summed E-state index contributed by atoms with van der Waals surface area (Å²) in [5, 5.41) is 3.87. The van der Waals surface area contributed by atoms with E-state index >= 15 is 0 Å². The maximum atomic E-state index is 12.4. The van der Waals surface area contributed by atoms with Gasteiger partial charge < -0.3 is 5.32 Å². The first kappa shape index (κ1) is 14.6. The lowest BCUT2D eigenvalue weighted by molar-refractivity contribution is 0.0914. The lowest BCUT2D eigenvalue weighted by Crippen LogP contribution is -2.40. The summed E-state index contributed by atoms with van der Waals surface area (Å²) < 4.78 is 0.910. The molecule has 0 spiro atoms. The molecule has 20 heavy (non-hydrogen) atoms. The Balaban J connectivity index is 1.66. The van der Waals surface area contributed by atoms with Gasteiger partial charge in [0.25, 0.3) is 5.91 Å². The van der Waals surface area contributed by atoms with Crippen LogP contribution in [-0.4, -0.2) is 11.9 Å². The number of carbonyl (C=O) groups excluding carboxylic acids is 1. The Bertz CT molecular complexity index is 533. The van der Waals surface area contributed by atoms with E-state index in [1.165, 1.54) is 25.7 Å². The van der Waals surface area contributed by atoms with Gasteiger partial charge in [0.05, 0.1) is 5.56 Å². The van der Waals surface area contributed by atoms with Gasteiger partial charge in [0.2, 0.25) is 0 Å². The van der Waals surface area contributed by atoms with Crippen molar-refractivity contribution in [1.82, 2.24) is 5.32 Å². The number of rotatable bonds is 3. The second-order valence-electron chi connectivity index (χ2n) is 6.23. The quantitative estimate of drug-likeness (QED) is 0.740. The van der Waals surface area contributed by atoms with Crippen molar-refractivity contribution in [2.75, 3.05) is 0 Å². The van der Waals surface area contributed by atoms with Crippen LogP contribution in [0.5, 0.6) is 0 Å². The molecule has 0 aromatic heterocycles. The molecule has 2 aliphatic rings. The molecule has 108 valence electrons. The molecule has 1 amide bonds. The number of halogens is 2. The summed E-state index contributed by atoms with van der Waals surface area (Å²) in [4.78, 5) is 12.4. The normalized spacial score (nSPS) is 29.4. The van der Waals surface area contributed by atoms with Crippen LogP contribution in [0.25, 0.3) is 0 Å². The van der Waals surface area contributed by atoms with Crippen LogP contribution < -0.4 is 5.32 Å². The van der Waals surface area contributed by atoms with Gasteiger partial charge in [-0.2, -0.15) is 0 Å². The third-order valence-corrected chi connectivity index (χ3v) is 6.10. The van der Waals surface area contributed by atoms with Gasteiger partial charge in [-0.3, -0.25) is 4.79 Å². The smallest absolute Gasteiger partial charge is 0.252 e. The topological polar surface area (TPSA) is 29.1 Å². The van der Waals surface area contributed by atoms with E-state index in [0.717, 1.165) is 21.0 Å². The molecule has 1 aromatic rings. The summed E-state index contributed by atoms with van der Waals surface area (Å²) >= 11 is 8.11. The SMILES string of the molecule is CC(NC(=O)c1ccc(Cl)cc1I)C1CC2CCC1C2. The summed E-state index contributed by atoms with van der Waals surface area (Å²) in [6.07, 6.45) is 5.43. The van der Waals surface area contributed by atoms with E-state index in [0.29, 0.717) is 10.9 Å². The third kappa shape index (κ3) is 2.84. The fourth-order valence-corrected chi connectivity index (χ4v) is 5.09. The van der Waals surface area contributed by atoms with E-state index in [4.69, 9.17) is 11.6 Å². The van der Waals surface area contributed by atoms with Crippen LogP contribution in [0.4, 0.5) is 0 Å². The predicted molar refractivity (Wildman–Crippen MR) is 90.0 cm³/mol. The summed E-state index contributed by atoms with van der Waals surface area (Å²) in [7, 11) is 0. The molecule has 2 saturated carbocycles. The minimum atomic E-state index is 0.0290. The Morgan fingerprint density at radius 2 is 2.20 bits per heavy atom. The molecule has 0 saturated heterocycles. The molecule has 1 N–H and O–H groups in total. The average Bonchev–Trinajstić information content (AvgIpc) is 3.00. The largest absolute Gasteiger partial charge is 0.349 e. The number of fused-ring (bicyclic) bond motifs is 2. The highest BCUT2D eigenvalue weighted by Crippen LogP contribution is 2.49. The summed E-state index contributed by atoms with van der Waals surface area (Å²) in [5.41, 5.74) is 0.727. The Morgan fingerprint density at radius 1 is 1.40 bits per heavy atom. The molecule has 2 bridgehead atoms. The van der Waals surface area contributed by atoms with Crippen molar-refractivity contribution in [2.45, 2.75) is 38.6 Å². The second-order valence-corrected chi connectivity index (χ2v) is 7.82.